The van der Waals surface area contributed by atoms with Crippen LogP contribution in [0.25, 0.3) is 11.1 Å². The summed E-state index contributed by atoms with van der Waals surface area (Å²) < 4.78 is 40.2. The number of carbonyl (C=O) groups is 1. The first-order valence-electron chi connectivity index (χ1n) is 10.4. The molecule has 2 aromatic carbocycles. The van der Waals surface area contributed by atoms with E-state index >= 15 is 0 Å². The van der Waals surface area contributed by atoms with Crippen LogP contribution in [0, 0.1) is 0 Å². The molecule has 1 N–H and O–H groups in total. The van der Waals surface area contributed by atoms with E-state index in [1.54, 1.807) is 6.07 Å². The molecule has 30 heavy (non-hydrogen) atoms. The molecule has 0 aliphatic heterocycles. The lowest BCUT2D eigenvalue weighted by Crippen LogP contribution is -2.28. The number of carboxylic acid groups (broad SMARTS) is 1. The molecule has 1 atom stereocenters. The summed E-state index contributed by atoms with van der Waals surface area (Å²) in [7, 11) is 1.92. The van der Waals surface area contributed by atoms with Crippen molar-refractivity contribution < 1.29 is 23.1 Å². The third-order valence-corrected chi connectivity index (χ3v) is 5.98. The van der Waals surface area contributed by atoms with Crippen LogP contribution in [0.1, 0.15) is 61.3 Å². The van der Waals surface area contributed by atoms with Gasteiger partial charge in [-0.25, -0.2) is 0 Å². The average Bonchev–Trinajstić information content (AvgIpc) is 3.51. The third kappa shape index (κ3) is 5.22. The fourth-order valence-electron chi connectivity index (χ4n) is 3.77. The zero-order chi connectivity index (χ0) is 22.1. The van der Waals surface area contributed by atoms with Crippen molar-refractivity contribution in [2.24, 2.45) is 0 Å². The SMILES string of the molecule is CCC(C)N(C)Cc1cc(C(F)(F)F)ccc1-c1cc(CC(=O)O)ccc1C1CC1. The maximum Gasteiger partial charge on any atom is 0.416 e. The van der Waals surface area contributed by atoms with Crippen molar-refractivity contribution in [2.75, 3.05) is 7.05 Å². The van der Waals surface area contributed by atoms with E-state index in [4.69, 9.17) is 0 Å². The molecule has 162 valence electrons. The van der Waals surface area contributed by atoms with Crippen molar-refractivity contribution in [3.05, 3.63) is 58.7 Å². The van der Waals surface area contributed by atoms with Crippen molar-refractivity contribution in [3.63, 3.8) is 0 Å². The summed E-state index contributed by atoms with van der Waals surface area (Å²) >= 11 is 0. The Balaban J connectivity index is 2.12. The Bertz CT molecular complexity index is 919. The van der Waals surface area contributed by atoms with Gasteiger partial charge in [0.1, 0.15) is 0 Å². The van der Waals surface area contributed by atoms with E-state index in [9.17, 15) is 23.1 Å². The van der Waals surface area contributed by atoms with Gasteiger partial charge in [0, 0.05) is 12.6 Å². The monoisotopic (exact) mass is 419 g/mol. The molecule has 1 aliphatic rings. The highest BCUT2D eigenvalue weighted by molar-refractivity contribution is 5.76. The maximum absolute atomic E-state index is 13.4. The summed E-state index contributed by atoms with van der Waals surface area (Å²) in [4.78, 5) is 13.2. The third-order valence-electron chi connectivity index (χ3n) is 5.98. The molecule has 0 bridgehead atoms. The second kappa shape index (κ2) is 8.80. The fraction of sp³-hybridized carbons (Fsp3) is 0.458. The molecule has 1 unspecified atom stereocenters. The Morgan fingerprint density at radius 3 is 2.43 bits per heavy atom. The van der Waals surface area contributed by atoms with E-state index in [2.05, 4.69) is 18.7 Å². The Hall–Kier alpha value is -2.34. The highest BCUT2D eigenvalue weighted by atomic mass is 19.4. The van der Waals surface area contributed by atoms with E-state index in [0.29, 0.717) is 23.6 Å². The van der Waals surface area contributed by atoms with Crippen LogP contribution in [0.2, 0.25) is 0 Å². The molecule has 0 aromatic heterocycles. The predicted octanol–water partition coefficient (Wildman–Crippen LogP) is 6.11. The largest absolute Gasteiger partial charge is 0.481 e. The van der Waals surface area contributed by atoms with Crippen LogP contribution in [0.4, 0.5) is 13.2 Å². The Morgan fingerprint density at radius 2 is 1.87 bits per heavy atom. The summed E-state index contributed by atoms with van der Waals surface area (Å²) in [5, 5.41) is 9.18. The second-order valence-corrected chi connectivity index (χ2v) is 8.31. The molecule has 3 nitrogen and oxygen atoms in total. The number of hydrogen-bond donors (Lipinski definition) is 1. The zero-order valence-electron chi connectivity index (χ0n) is 17.6. The lowest BCUT2D eigenvalue weighted by atomic mass is 9.89. The normalized spacial score (nSPS) is 15.4. The van der Waals surface area contributed by atoms with Gasteiger partial charge in [-0.15, -0.1) is 0 Å². The van der Waals surface area contributed by atoms with Gasteiger partial charge in [0.25, 0.3) is 0 Å². The average molecular weight is 419 g/mol. The molecule has 1 saturated carbocycles. The molecular weight excluding hydrogens is 391 g/mol. The van der Waals surface area contributed by atoms with Crippen molar-refractivity contribution in [2.45, 2.75) is 64.2 Å². The molecule has 6 heteroatoms. The van der Waals surface area contributed by atoms with Crippen molar-refractivity contribution in [1.29, 1.82) is 0 Å². The van der Waals surface area contributed by atoms with Crippen molar-refractivity contribution in [1.82, 2.24) is 4.90 Å². The molecule has 0 spiro atoms. The van der Waals surface area contributed by atoms with E-state index < -0.39 is 17.7 Å². The highest BCUT2D eigenvalue weighted by Gasteiger charge is 2.32. The van der Waals surface area contributed by atoms with Gasteiger partial charge in [-0.1, -0.05) is 31.2 Å². The van der Waals surface area contributed by atoms with Crippen molar-refractivity contribution >= 4 is 5.97 Å². The molecule has 1 aliphatic carbocycles. The van der Waals surface area contributed by atoms with Crippen LogP contribution in [-0.4, -0.2) is 29.1 Å². The fourth-order valence-corrected chi connectivity index (χ4v) is 3.77. The van der Waals surface area contributed by atoms with Gasteiger partial charge in [-0.2, -0.15) is 13.2 Å². The van der Waals surface area contributed by atoms with E-state index in [1.807, 2.05) is 25.2 Å². The molecule has 1 fully saturated rings. The van der Waals surface area contributed by atoms with Crippen LogP contribution >= 0.6 is 0 Å². The molecular formula is C24H28F3NO2. The van der Waals surface area contributed by atoms with Crippen LogP contribution in [0.3, 0.4) is 0 Å². The molecule has 0 radical (unpaired) electrons. The first-order chi connectivity index (χ1) is 14.1. The first kappa shape index (κ1) is 22.3. The lowest BCUT2D eigenvalue weighted by molar-refractivity contribution is -0.138. The number of alkyl halides is 3. The number of aliphatic carboxylic acids is 1. The minimum Gasteiger partial charge on any atom is -0.481 e. The molecule has 2 aromatic rings. The summed E-state index contributed by atoms with van der Waals surface area (Å²) in [6, 6.07) is 9.77. The summed E-state index contributed by atoms with van der Waals surface area (Å²) in [6.07, 6.45) is -1.53. The molecule has 0 heterocycles. The van der Waals surface area contributed by atoms with Gasteiger partial charge >= 0.3 is 12.1 Å². The van der Waals surface area contributed by atoms with Gasteiger partial charge in [-0.3, -0.25) is 9.69 Å². The first-order valence-corrected chi connectivity index (χ1v) is 10.4. The van der Waals surface area contributed by atoms with E-state index in [1.165, 1.54) is 6.07 Å². The number of nitrogens with zero attached hydrogens (tertiary/aromatic N) is 1. The molecule has 0 saturated heterocycles. The highest BCUT2D eigenvalue weighted by Crippen LogP contribution is 2.46. The van der Waals surface area contributed by atoms with E-state index in [0.717, 1.165) is 42.0 Å². The maximum atomic E-state index is 13.4. The number of hydrogen-bond acceptors (Lipinski definition) is 2. The van der Waals surface area contributed by atoms with Gasteiger partial charge in [-0.05, 0) is 79.1 Å². The van der Waals surface area contributed by atoms with Gasteiger partial charge < -0.3 is 5.11 Å². The molecule has 3 rings (SSSR count). The van der Waals surface area contributed by atoms with Crippen LogP contribution in [0.5, 0.6) is 0 Å². The van der Waals surface area contributed by atoms with Gasteiger partial charge in [0.15, 0.2) is 0 Å². The summed E-state index contributed by atoms with van der Waals surface area (Å²) in [5.41, 5.74) is 3.32. The number of benzene rings is 2. The standard InChI is InChI=1S/C24H28F3NO2/c1-4-15(2)28(3)14-18-13-19(24(25,26)27)8-10-21(18)22-11-16(12-23(29)30)5-9-20(22)17-6-7-17/h5,8-11,13,15,17H,4,6-7,12,14H2,1-3H3,(H,29,30). The quantitative estimate of drug-likeness (QED) is 0.561. The minimum absolute atomic E-state index is 0.110. The smallest absolute Gasteiger partial charge is 0.416 e. The van der Waals surface area contributed by atoms with Gasteiger partial charge in [0.2, 0.25) is 0 Å². The predicted molar refractivity (Wildman–Crippen MR) is 111 cm³/mol. The van der Waals surface area contributed by atoms with Crippen molar-refractivity contribution in [3.8, 4) is 11.1 Å². The molecule has 0 amide bonds. The number of carboxylic acids is 1. The Labute approximate surface area is 175 Å². The van der Waals surface area contributed by atoms with Gasteiger partial charge in [0.05, 0.1) is 12.0 Å². The van der Waals surface area contributed by atoms with Crippen LogP contribution < -0.4 is 0 Å². The number of halogens is 3. The zero-order valence-corrected chi connectivity index (χ0v) is 17.6. The summed E-state index contributed by atoms with van der Waals surface area (Å²) in [5.74, 6) is -0.536. The minimum atomic E-state index is -4.41. The Kier molecular flexibility index (Phi) is 6.56. The second-order valence-electron chi connectivity index (χ2n) is 8.31. The van der Waals surface area contributed by atoms with Crippen LogP contribution in [0.15, 0.2) is 36.4 Å². The van der Waals surface area contributed by atoms with E-state index in [-0.39, 0.29) is 12.5 Å². The summed E-state index contributed by atoms with van der Waals surface area (Å²) in [6.45, 7) is 4.49. The Morgan fingerprint density at radius 1 is 1.17 bits per heavy atom. The topological polar surface area (TPSA) is 40.5 Å². The number of rotatable bonds is 8. The van der Waals surface area contributed by atoms with Crippen LogP contribution in [-0.2, 0) is 23.9 Å². The lowest BCUT2D eigenvalue weighted by Gasteiger charge is -2.26.